The van der Waals surface area contributed by atoms with E-state index in [2.05, 4.69) is 48.1 Å². The Kier molecular flexibility index (Phi) is 10.6. The molecule has 0 heterocycles. The van der Waals surface area contributed by atoms with Gasteiger partial charge in [0.05, 0.1) is 6.10 Å². The van der Waals surface area contributed by atoms with E-state index in [0.717, 1.165) is 43.1 Å². The average Bonchev–Trinajstić information content (AvgIpc) is 2.79. The summed E-state index contributed by atoms with van der Waals surface area (Å²) in [5, 5.41) is 10.6. The van der Waals surface area contributed by atoms with E-state index in [0.29, 0.717) is 24.7 Å². The van der Waals surface area contributed by atoms with Gasteiger partial charge in [0.15, 0.2) is 5.78 Å². The summed E-state index contributed by atoms with van der Waals surface area (Å²) in [6.07, 6.45) is 9.57. The van der Waals surface area contributed by atoms with Crippen LogP contribution in [0.2, 0.25) is 0 Å². The first kappa shape index (κ1) is 27.6. The molecule has 1 aliphatic rings. The number of hydrogen-bond donors (Lipinski definition) is 1. The summed E-state index contributed by atoms with van der Waals surface area (Å²) in [7, 11) is 0. The van der Waals surface area contributed by atoms with Crippen molar-refractivity contribution in [2.75, 3.05) is 0 Å². The van der Waals surface area contributed by atoms with Gasteiger partial charge in [0.2, 0.25) is 0 Å². The molecule has 1 N–H and O–H groups in total. The minimum absolute atomic E-state index is 0.0863. The van der Waals surface area contributed by atoms with Crippen molar-refractivity contribution in [1.82, 2.24) is 0 Å². The third kappa shape index (κ3) is 8.25. The summed E-state index contributed by atoms with van der Waals surface area (Å²) < 4.78 is 0. The molecule has 2 nitrogen and oxygen atoms in total. The van der Waals surface area contributed by atoms with E-state index in [1.54, 1.807) is 6.08 Å². The second-order valence-corrected chi connectivity index (χ2v) is 11.4. The fraction of sp³-hybridized carbons (Fsp3) is 0.645. The van der Waals surface area contributed by atoms with Crippen LogP contribution in [0, 0.1) is 35.0 Å². The maximum Gasteiger partial charge on any atom is 0.155 e. The first-order chi connectivity index (χ1) is 15.6. The molecule has 7 atom stereocenters. The predicted octanol–water partition coefficient (Wildman–Crippen LogP) is 8.12. The van der Waals surface area contributed by atoms with Crippen LogP contribution in [0.5, 0.6) is 0 Å². The number of allylic oxidation sites excluding steroid dienone is 2. The summed E-state index contributed by atoms with van der Waals surface area (Å²) in [6, 6.07) is 9.93. The first-order valence-electron chi connectivity index (χ1n) is 13.2. The highest BCUT2D eigenvalue weighted by Gasteiger charge is 2.39. The Labute approximate surface area is 203 Å². The van der Waals surface area contributed by atoms with Crippen molar-refractivity contribution in [2.45, 2.75) is 92.6 Å². The minimum Gasteiger partial charge on any atom is -0.393 e. The smallest absolute Gasteiger partial charge is 0.155 e. The van der Waals surface area contributed by atoms with Gasteiger partial charge in [-0.25, -0.2) is 0 Å². The van der Waals surface area contributed by atoms with Crippen molar-refractivity contribution in [3.63, 3.8) is 0 Å². The fourth-order valence-electron chi connectivity index (χ4n) is 5.72. The molecule has 1 aromatic rings. The van der Waals surface area contributed by atoms with Gasteiger partial charge in [-0.1, -0.05) is 96.5 Å². The Bertz CT molecular complexity index is 779. The normalized spacial score (nSPS) is 27.1. The largest absolute Gasteiger partial charge is 0.393 e. The summed E-state index contributed by atoms with van der Waals surface area (Å²) in [5.41, 5.74) is 2.21. The lowest BCUT2D eigenvalue weighted by Crippen LogP contribution is -2.36. The zero-order chi connectivity index (χ0) is 24.6. The van der Waals surface area contributed by atoms with Gasteiger partial charge in [0.25, 0.3) is 0 Å². The van der Waals surface area contributed by atoms with E-state index in [1.807, 2.05) is 36.4 Å². The first-order valence-corrected chi connectivity index (χ1v) is 13.2. The van der Waals surface area contributed by atoms with Crippen LogP contribution in [0.1, 0.15) is 92.1 Å². The van der Waals surface area contributed by atoms with Crippen molar-refractivity contribution in [2.24, 2.45) is 35.0 Å². The van der Waals surface area contributed by atoms with Gasteiger partial charge in [0, 0.05) is 6.42 Å². The van der Waals surface area contributed by atoms with Crippen molar-refractivity contribution in [3.8, 4) is 0 Å². The highest BCUT2D eigenvalue weighted by molar-refractivity contribution is 5.93. The number of aliphatic hydroxyl groups is 1. The quantitative estimate of drug-likeness (QED) is 0.257. The molecule has 0 amide bonds. The maximum absolute atomic E-state index is 12.6. The van der Waals surface area contributed by atoms with E-state index in [9.17, 15) is 9.90 Å². The second-order valence-electron chi connectivity index (χ2n) is 11.4. The monoisotopic (exact) mass is 452 g/mol. The van der Waals surface area contributed by atoms with Crippen LogP contribution < -0.4 is 0 Å². The molecule has 184 valence electrons. The number of benzene rings is 1. The summed E-state index contributed by atoms with van der Waals surface area (Å²) in [6.45, 7) is 18.6. The molecular weight excluding hydrogens is 404 g/mol. The standard InChI is InChI=1S/C31H48O2/c1-8-22(2)25(5)26(6)23(3)14-15-24(4)31(7)20-28(19-30(33)21-31)18-29(32)17-16-27-12-10-9-11-13-27/h9-13,16-17,22-23,25-26,28,30,33H,4,8,14-15,18-21H2,1-3,5-7H3/b17-16+/t22?,23?,25?,26?,28-,30-,31-/m0/s1. The molecule has 1 fully saturated rings. The van der Waals surface area contributed by atoms with Crippen LogP contribution in [0.25, 0.3) is 6.08 Å². The number of carbonyl (C=O) groups excluding carboxylic acids is 1. The molecule has 0 aromatic heterocycles. The van der Waals surface area contributed by atoms with Crippen LogP contribution >= 0.6 is 0 Å². The Balaban J connectivity index is 1.92. The molecule has 2 rings (SSSR count). The van der Waals surface area contributed by atoms with Crippen molar-refractivity contribution in [1.29, 1.82) is 0 Å². The zero-order valence-corrected chi connectivity index (χ0v) is 22.0. The van der Waals surface area contributed by atoms with E-state index < -0.39 is 0 Å². The Morgan fingerprint density at radius 3 is 2.39 bits per heavy atom. The summed E-state index contributed by atoms with van der Waals surface area (Å²) in [5.74, 6) is 3.19. The Hall–Kier alpha value is -1.67. The van der Waals surface area contributed by atoms with Crippen LogP contribution in [0.4, 0.5) is 0 Å². The van der Waals surface area contributed by atoms with Crippen LogP contribution in [-0.2, 0) is 4.79 Å². The molecule has 33 heavy (non-hydrogen) atoms. The number of hydrogen-bond acceptors (Lipinski definition) is 2. The Morgan fingerprint density at radius 1 is 1.12 bits per heavy atom. The SMILES string of the molecule is C=C(CCC(C)C(C)C(C)C(C)CC)[C@]1(C)C[C@@H](O)C[C@H](CC(=O)/C=C/c2ccccc2)C1. The molecule has 0 radical (unpaired) electrons. The van der Waals surface area contributed by atoms with Crippen molar-refractivity contribution in [3.05, 3.63) is 54.1 Å². The third-order valence-electron chi connectivity index (χ3n) is 8.81. The average molecular weight is 453 g/mol. The van der Waals surface area contributed by atoms with Crippen LogP contribution in [0.3, 0.4) is 0 Å². The summed E-state index contributed by atoms with van der Waals surface area (Å²) >= 11 is 0. The highest BCUT2D eigenvalue weighted by atomic mass is 16.3. The van der Waals surface area contributed by atoms with E-state index >= 15 is 0 Å². The van der Waals surface area contributed by atoms with Crippen LogP contribution in [-0.4, -0.2) is 17.0 Å². The molecule has 0 bridgehead atoms. The zero-order valence-electron chi connectivity index (χ0n) is 22.0. The number of aliphatic hydroxyl groups excluding tert-OH is 1. The molecule has 0 spiro atoms. The number of rotatable bonds is 12. The maximum atomic E-state index is 12.6. The second kappa shape index (κ2) is 12.7. The van der Waals surface area contributed by atoms with Gasteiger partial charge >= 0.3 is 0 Å². The molecule has 4 unspecified atom stereocenters. The molecule has 2 heteroatoms. The molecule has 0 aliphatic heterocycles. The molecular formula is C31H48O2. The topological polar surface area (TPSA) is 37.3 Å². The molecule has 1 aromatic carbocycles. The molecule has 0 saturated heterocycles. The number of carbonyl (C=O) groups is 1. The lowest BCUT2D eigenvalue weighted by atomic mass is 9.64. The van der Waals surface area contributed by atoms with Gasteiger partial charge in [-0.2, -0.15) is 0 Å². The summed E-state index contributed by atoms with van der Waals surface area (Å²) in [4.78, 5) is 12.6. The van der Waals surface area contributed by atoms with Gasteiger partial charge in [-0.3, -0.25) is 4.79 Å². The van der Waals surface area contributed by atoms with Crippen LogP contribution in [0.15, 0.2) is 48.6 Å². The van der Waals surface area contributed by atoms with E-state index in [1.165, 1.54) is 12.0 Å². The highest BCUT2D eigenvalue weighted by Crippen LogP contribution is 2.47. The lowest BCUT2D eigenvalue weighted by molar-refractivity contribution is -0.116. The third-order valence-corrected chi connectivity index (χ3v) is 8.81. The van der Waals surface area contributed by atoms with Gasteiger partial charge in [0.1, 0.15) is 0 Å². The van der Waals surface area contributed by atoms with Crippen molar-refractivity contribution < 1.29 is 9.90 Å². The fourth-order valence-corrected chi connectivity index (χ4v) is 5.72. The van der Waals surface area contributed by atoms with Gasteiger partial charge in [-0.05, 0) is 78.7 Å². The number of ketones is 1. The van der Waals surface area contributed by atoms with Crippen molar-refractivity contribution >= 4 is 11.9 Å². The molecule has 1 saturated carbocycles. The molecule has 1 aliphatic carbocycles. The van der Waals surface area contributed by atoms with E-state index in [-0.39, 0.29) is 23.2 Å². The van der Waals surface area contributed by atoms with Gasteiger partial charge < -0.3 is 5.11 Å². The lowest BCUT2D eigenvalue weighted by Gasteiger charge is -2.42. The predicted molar refractivity (Wildman–Crippen MR) is 142 cm³/mol. The van der Waals surface area contributed by atoms with E-state index in [4.69, 9.17) is 0 Å². The Morgan fingerprint density at radius 2 is 1.76 bits per heavy atom. The van der Waals surface area contributed by atoms with Gasteiger partial charge in [-0.15, -0.1) is 0 Å². The minimum atomic E-state index is -0.349.